The molecule has 116 valence electrons. The first-order valence-electron chi connectivity index (χ1n) is 6.75. The van der Waals surface area contributed by atoms with Gasteiger partial charge in [-0.05, 0) is 48.5 Å². The molecule has 0 radical (unpaired) electrons. The maximum atomic E-state index is 12.5. The Labute approximate surface area is 134 Å². The molecule has 0 atom stereocenters. The van der Waals surface area contributed by atoms with Gasteiger partial charge in [0, 0.05) is 11.4 Å². The Kier molecular flexibility index (Phi) is 5.19. The van der Waals surface area contributed by atoms with Crippen LogP contribution in [0.5, 0.6) is 0 Å². The van der Waals surface area contributed by atoms with Gasteiger partial charge in [-0.3, -0.25) is 0 Å². The lowest BCUT2D eigenvalue weighted by Crippen LogP contribution is -2.04. The lowest BCUT2D eigenvalue weighted by atomic mass is 10.3. The minimum atomic E-state index is -3.60. The average molecular weight is 326 g/mol. The Morgan fingerprint density at radius 3 is 1.39 bits per heavy atom. The molecule has 0 fully saturated rings. The van der Waals surface area contributed by atoms with Crippen molar-refractivity contribution in [3.05, 3.63) is 48.5 Å². The Morgan fingerprint density at radius 2 is 1.09 bits per heavy atom. The van der Waals surface area contributed by atoms with Crippen molar-refractivity contribution in [2.45, 2.75) is 9.79 Å². The summed E-state index contributed by atoms with van der Waals surface area (Å²) in [5.41, 5.74) is 1.36. The normalized spacial score (nSPS) is 10.3. The summed E-state index contributed by atoms with van der Waals surface area (Å²) in [7, 11) is -3.60. The average Bonchev–Trinajstić information content (AvgIpc) is 2.59. The highest BCUT2D eigenvalue weighted by Crippen LogP contribution is 2.23. The minimum Gasteiger partial charge on any atom is -0.372 e. The molecule has 0 spiro atoms. The van der Waals surface area contributed by atoms with E-state index in [4.69, 9.17) is 10.5 Å². The van der Waals surface area contributed by atoms with Gasteiger partial charge in [0.1, 0.15) is 13.1 Å². The molecule has 2 aromatic carbocycles. The maximum absolute atomic E-state index is 12.5. The summed E-state index contributed by atoms with van der Waals surface area (Å²) in [6, 6.07) is 16.4. The van der Waals surface area contributed by atoms with E-state index in [1.165, 1.54) is 24.3 Å². The summed E-state index contributed by atoms with van der Waals surface area (Å²) in [6.45, 7) is 0.312. The van der Waals surface area contributed by atoms with Gasteiger partial charge in [-0.1, -0.05) is 0 Å². The predicted molar refractivity (Wildman–Crippen MR) is 86.5 cm³/mol. The van der Waals surface area contributed by atoms with Crippen LogP contribution in [-0.4, -0.2) is 21.5 Å². The van der Waals surface area contributed by atoms with Crippen LogP contribution < -0.4 is 10.6 Å². The third kappa shape index (κ3) is 4.00. The van der Waals surface area contributed by atoms with Crippen molar-refractivity contribution in [2.24, 2.45) is 0 Å². The molecule has 0 aliphatic heterocycles. The smallest absolute Gasteiger partial charge is 0.206 e. The van der Waals surface area contributed by atoms with E-state index < -0.39 is 9.84 Å². The first-order valence-corrected chi connectivity index (χ1v) is 8.23. The number of nitrogens with zero attached hydrogens (tertiary/aromatic N) is 2. The molecule has 0 saturated carbocycles. The van der Waals surface area contributed by atoms with E-state index in [1.807, 2.05) is 12.1 Å². The van der Waals surface area contributed by atoms with Crippen LogP contribution in [0.2, 0.25) is 0 Å². The Hall–Kier alpha value is -3.03. The second kappa shape index (κ2) is 7.30. The molecule has 0 bridgehead atoms. The SMILES string of the molecule is N#CCNc1ccc(S(=O)(=O)c2ccc(NCC#N)cc2)cc1. The Balaban J connectivity index is 2.21. The molecular formula is C16H14N4O2S. The van der Waals surface area contributed by atoms with Crippen molar-refractivity contribution in [2.75, 3.05) is 23.7 Å². The summed E-state index contributed by atoms with van der Waals surface area (Å²) in [4.78, 5) is 0.357. The molecule has 2 aromatic rings. The first kappa shape index (κ1) is 16.3. The standard InChI is InChI=1S/C16H14N4O2S/c17-9-11-19-13-1-5-15(6-2-13)23(21,22)16-7-3-14(4-8-16)20-12-10-18/h1-8,19-20H,11-12H2. The summed E-state index contributed by atoms with van der Waals surface area (Å²) in [5, 5.41) is 22.7. The van der Waals surface area contributed by atoms with Crippen molar-refractivity contribution in [1.82, 2.24) is 0 Å². The molecular weight excluding hydrogens is 312 g/mol. The van der Waals surface area contributed by atoms with Crippen LogP contribution in [0.4, 0.5) is 11.4 Å². The van der Waals surface area contributed by atoms with Gasteiger partial charge in [-0.2, -0.15) is 10.5 Å². The van der Waals surface area contributed by atoms with Crippen molar-refractivity contribution in [3.8, 4) is 12.1 Å². The third-order valence-electron chi connectivity index (χ3n) is 3.07. The van der Waals surface area contributed by atoms with Crippen molar-refractivity contribution in [1.29, 1.82) is 10.5 Å². The summed E-state index contributed by atoms with van der Waals surface area (Å²) >= 11 is 0. The number of benzene rings is 2. The largest absolute Gasteiger partial charge is 0.372 e. The maximum Gasteiger partial charge on any atom is 0.206 e. The molecule has 0 saturated heterocycles. The van der Waals surface area contributed by atoms with E-state index in [1.54, 1.807) is 24.3 Å². The lowest BCUT2D eigenvalue weighted by Gasteiger charge is -2.08. The molecule has 6 nitrogen and oxygen atoms in total. The van der Waals surface area contributed by atoms with Crippen molar-refractivity contribution < 1.29 is 8.42 Å². The Bertz CT molecular complexity index is 777. The van der Waals surface area contributed by atoms with Gasteiger partial charge in [0.15, 0.2) is 0 Å². The van der Waals surface area contributed by atoms with E-state index >= 15 is 0 Å². The summed E-state index contributed by atoms with van der Waals surface area (Å²) < 4.78 is 25.1. The molecule has 2 N–H and O–H groups in total. The number of rotatable bonds is 6. The van der Waals surface area contributed by atoms with Gasteiger partial charge in [0.2, 0.25) is 9.84 Å². The van der Waals surface area contributed by atoms with Crippen LogP contribution in [0.25, 0.3) is 0 Å². The van der Waals surface area contributed by atoms with E-state index in [0.29, 0.717) is 11.4 Å². The van der Waals surface area contributed by atoms with Gasteiger partial charge >= 0.3 is 0 Å². The second-order valence-electron chi connectivity index (χ2n) is 4.58. The van der Waals surface area contributed by atoms with Crippen LogP contribution in [0.1, 0.15) is 0 Å². The highest BCUT2D eigenvalue weighted by molar-refractivity contribution is 7.91. The molecule has 0 aromatic heterocycles. The highest BCUT2D eigenvalue weighted by Gasteiger charge is 2.17. The van der Waals surface area contributed by atoms with Gasteiger partial charge < -0.3 is 10.6 Å². The van der Waals surface area contributed by atoms with Crippen LogP contribution in [0.15, 0.2) is 58.3 Å². The fourth-order valence-electron chi connectivity index (χ4n) is 1.92. The van der Waals surface area contributed by atoms with Gasteiger partial charge in [-0.15, -0.1) is 0 Å². The number of hydrogen-bond donors (Lipinski definition) is 2. The third-order valence-corrected chi connectivity index (χ3v) is 4.86. The molecule has 7 heteroatoms. The second-order valence-corrected chi connectivity index (χ2v) is 6.53. The fourth-order valence-corrected chi connectivity index (χ4v) is 3.18. The Morgan fingerprint density at radius 1 is 0.739 bits per heavy atom. The topological polar surface area (TPSA) is 106 Å². The quantitative estimate of drug-likeness (QED) is 0.790. The zero-order valence-corrected chi connectivity index (χ0v) is 13.0. The lowest BCUT2D eigenvalue weighted by molar-refractivity contribution is 0.596. The molecule has 2 rings (SSSR count). The van der Waals surface area contributed by atoms with E-state index in [2.05, 4.69) is 10.6 Å². The van der Waals surface area contributed by atoms with Crippen molar-refractivity contribution in [3.63, 3.8) is 0 Å². The molecule has 0 heterocycles. The number of hydrogen-bond acceptors (Lipinski definition) is 6. The molecule has 0 amide bonds. The van der Waals surface area contributed by atoms with Crippen molar-refractivity contribution >= 4 is 21.2 Å². The van der Waals surface area contributed by atoms with Crippen LogP contribution in [-0.2, 0) is 9.84 Å². The van der Waals surface area contributed by atoms with Gasteiger partial charge in [-0.25, -0.2) is 8.42 Å². The number of sulfone groups is 1. The monoisotopic (exact) mass is 326 g/mol. The highest BCUT2D eigenvalue weighted by atomic mass is 32.2. The van der Waals surface area contributed by atoms with E-state index in [0.717, 1.165) is 0 Å². The minimum absolute atomic E-state index is 0.156. The summed E-state index contributed by atoms with van der Waals surface area (Å²) in [6.07, 6.45) is 0. The van der Waals surface area contributed by atoms with E-state index in [-0.39, 0.29) is 22.9 Å². The van der Waals surface area contributed by atoms with Crippen LogP contribution >= 0.6 is 0 Å². The zero-order valence-electron chi connectivity index (χ0n) is 12.2. The zero-order chi connectivity index (χ0) is 16.7. The molecule has 23 heavy (non-hydrogen) atoms. The van der Waals surface area contributed by atoms with Crippen LogP contribution in [0, 0.1) is 22.7 Å². The number of nitrogens with one attached hydrogen (secondary N) is 2. The van der Waals surface area contributed by atoms with Gasteiger partial charge in [0.25, 0.3) is 0 Å². The van der Waals surface area contributed by atoms with E-state index in [9.17, 15) is 8.42 Å². The molecule has 0 aliphatic carbocycles. The number of anilines is 2. The summed E-state index contributed by atoms with van der Waals surface area (Å²) in [5.74, 6) is 0. The fraction of sp³-hybridized carbons (Fsp3) is 0.125. The number of nitriles is 2. The van der Waals surface area contributed by atoms with Gasteiger partial charge in [0.05, 0.1) is 21.9 Å². The molecule has 0 aliphatic rings. The first-order chi connectivity index (χ1) is 11.1. The van der Waals surface area contributed by atoms with Crippen LogP contribution in [0.3, 0.4) is 0 Å². The predicted octanol–water partition coefficient (Wildman–Crippen LogP) is 2.39. The molecule has 0 unspecified atom stereocenters.